The molecule has 0 bridgehead atoms. The summed E-state index contributed by atoms with van der Waals surface area (Å²) in [5.74, 6) is -0.176. The predicted octanol–water partition coefficient (Wildman–Crippen LogP) is 2.97. The highest BCUT2D eigenvalue weighted by atomic mass is 16.4. The first-order valence-electron chi connectivity index (χ1n) is 7.21. The van der Waals surface area contributed by atoms with Gasteiger partial charge in [0.15, 0.2) is 0 Å². The molecule has 0 aromatic carbocycles. The van der Waals surface area contributed by atoms with Crippen molar-refractivity contribution in [3.05, 3.63) is 0 Å². The van der Waals surface area contributed by atoms with Crippen LogP contribution in [-0.2, 0) is 4.79 Å². The largest absolute Gasteiger partial charge is 0.481 e. The van der Waals surface area contributed by atoms with Crippen molar-refractivity contribution < 1.29 is 9.90 Å². The summed E-state index contributed by atoms with van der Waals surface area (Å²) in [6.07, 6.45) is 8.81. The van der Waals surface area contributed by atoms with Gasteiger partial charge in [0.05, 0.1) is 13.2 Å². The van der Waals surface area contributed by atoms with Crippen LogP contribution in [0, 0.1) is 11.8 Å². The second-order valence-corrected chi connectivity index (χ2v) is 5.01. The number of carboxylic acids is 1. The maximum atomic E-state index is 11.0. The van der Waals surface area contributed by atoms with Gasteiger partial charge in [-0.1, -0.05) is 39.4 Å². The monoisotopic (exact) mass is 246 g/mol. The zero-order chi connectivity index (χ0) is 13.8. The Kier molecular flexibility index (Phi) is 11.5. The fraction of sp³-hybridized carbons (Fsp3) is 0.923. The molecule has 0 saturated heterocycles. The van der Waals surface area contributed by atoms with Gasteiger partial charge in [-0.3, -0.25) is 4.79 Å². The molecule has 0 spiro atoms. The molecule has 1 aliphatic carbocycles. The molecule has 18 heavy (non-hydrogen) atoms. The summed E-state index contributed by atoms with van der Waals surface area (Å²) < 4.78 is 0. The van der Waals surface area contributed by atoms with Crippen molar-refractivity contribution in [1.82, 2.24) is 0 Å². The van der Waals surface area contributed by atoms with E-state index in [1.807, 2.05) is 14.1 Å². The van der Waals surface area contributed by atoms with Gasteiger partial charge in [-0.05, 0) is 25.2 Å². The van der Waals surface area contributed by atoms with Crippen LogP contribution in [0.5, 0.6) is 0 Å². The minimum absolute atomic E-state index is 0.0645. The number of carboxylic acid groups (broad SMARTS) is 1. The fourth-order valence-corrected chi connectivity index (χ4v) is 2.54. The van der Waals surface area contributed by atoms with Crippen LogP contribution in [0.3, 0.4) is 0 Å². The molecule has 0 amide bonds. The van der Waals surface area contributed by atoms with Gasteiger partial charge in [0.2, 0.25) is 0 Å². The van der Waals surface area contributed by atoms with E-state index in [1.165, 1.54) is 19.3 Å². The van der Waals surface area contributed by atoms with Gasteiger partial charge in [-0.25, -0.2) is 0 Å². The Morgan fingerprint density at radius 2 is 2.00 bits per heavy atom. The van der Waals surface area contributed by atoms with Gasteiger partial charge in [-0.15, -0.1) is 6.22 Å². The van der Waals surface area contributed by atoms with E-state index in [0.717, 1.165) is 31.9 Å². The Bertz CT molecular complexity index is 204. The first kappa shape index (κ1) is 17.7. The van der Waals surface area contributed by atoms with Crippen molar-refractivity contribution in [3.63, 3.8) is 0 Å². The maximum Gasteiger partial charge on any atom is 0.306 e. The van der Waals surface area contributed by atoms with E-state index in [-0.39, 0.29) is 5.92 Å². The molecular weight excluding hydrogens is 221 g/mol. The summed E-state index contributed by atoms with van der Waals surface area (Å²) >= 11 is 0. The Hall–Kier alpha value is -0.335. The van der Waals surface area contributed by atoms with E-state index in [0.29, 0.717) is 5.92 Å². The molecule has 2 nitrogen and oxygen atoms in total. The third kappa shape index (κ3) is 7.89. The highest BCUT2D eigenvalue weighted by molar-refractivity contribution is 6.93. The average molecular weight is 246 g/mol. The van der Waals surface area contributed by atoms with Gasteiger partial charge >= 0.3 is 5.97 Å². The first-order chi connectivity index (χ1) is 8.67. The van der Waals surface area contributed by atoms with E-state index < -0.39 is 5.97 Å². The molecule has 5 heteroatoms. The lowest BCUT2D eigenvalue weighted by atomic mass is 9.44. The Balaban J connectivity index is 0.000000494. The van der Waals surface area contributed by atoms with Gasteiger partial charge in [0.1, 0.15) is 0 Å². The molecule has 1 rings (SSSR count). The van der Waals surface area contributed by atoms with Crippen molar-refractivity contribution in [2.24, 2.45) is 11.8 Å². The topological polar surface area (TPSA) is 37.3 Å². The van der Waals surface area contributed by atoms with Crippen LogP contribution in [0.4, 0.5) is 0 Å². The van der Waals surface area contributed by atoms with Crippen molar-refractivity contribution in [3.8, 4) is 0 Å². The van der Waals surface area contributed by atoms with Crippen LogP contribution < -0.4 is 0 Å². The maximum absolute atomic E-state index is 11.0. The van der Waals surface area contributed by atoms with Gasteiger partial charge in [-0.2, -0.15) is 0 Å². The lowest BCUT2D eigenvalue weighted by molar-refractivity contribution is -0.144. The van der Waals surface area contributed by atoms with Gasteiger partial charge in [0, 0.05) is 14.9 Å². The quantitative estimate of drug-likeness (QED) is 0.731. The molecule has 1 saturated carbocycles. The van der Waals surface area contributed by atoms with Crippen LogP contribution in [0.25, 0.3) is 0 Å². The summed E-state index contributed by atoms with van der Waals surface area (Å²) in [5.41, 5.74) is 0. The molecule has 1 unspecified atom stereocenters. The molecule has 1 atom stereocenters. The van der Waals surface area contributed by atoms with E-state index in [4.69, 9.17) is 12.8 Å². The van der Waals surface area contributed by atoms with Gasteiger partial charge in [0.25, 0.3) is 0 Å². The normalized spacial score (nSPS) is 17.2. The zero-order valence-electron chi connectivity index (χ0n) is 11.9. The third-order valence-corrected chi connectivity index (χ3v) is 3.51. The molecule has 0 aromatic rings. The van der Waals surface area contributed by atoms with Gasteiger partial charge < -0.3 is 5.11 Å². The minimum Gasteiger partial charge on any atom is -0.481 e. The minimum atomic E-state index is -0.575. The molecular formula is C13H25B3O2. The Morgan fingerprint density at radius 3 is 2.33 bits per heavy atom. The van der Waals surface area contributed by atoms with Crippen LogP contribution in [-0.4, -0.2) is 33.3 Å². The van der Waals surface area contributed by atoms with Crippen LogP contribution >= 0.6 is 0 Å². The zero-order valence-corrected chi connectivity index (χ0v) is 11.9. The second kappa shape index (κ2) is 11.7. The molecule has 0 aromatic heterocycles. The number of rotatable bonds is 6. The molecule has 1 aliphatic rings. The highest BCUT2D eigenvalue weighted by Crippen LogP contribution is 2.32. The SMILES string of the molecule is CCCC(C(=O)O)C1CCCCC1.[B][B]C[B]C. The first-order valence-corrected chi connectivity index (χ1v) is 7.21. The third-order valence-electron chi connectivity index (χ3n) is 3.51. The lowest BCUT2D eigenvalue weighted by Gasteiger charge is -2.27. The summed E-state index contributed by atoms with van der Waals surface area (Å²) in [6.45, 7) is 4.04. The molecule has 0 heterocycles. The lowest BCUT2D eigenvalue weighted by Crippen LogP contribution is -2.25. The smallest absolute Gasteiger partial charge is 0.306 e. The molecule has 0 aliphatic heterocycles. The number of carbonyl (C=O) groups is 1. The van der Waals surface area contributed by atoms with E-state index in [2.05, 4.69) is 6.92 Å². The average Bonchev–Trinajstić information content (AvgIpc) is 2.38. The molecule has 1 N–H and O–H groups in total. The van der Waals surface area contributed by atoms with Crippen molar-refractivity contribution in [1.29, 1.82) is 0 Å². The van der Waals surface area contributed by atoms with E-state index in [9.17, 15) is 4.79 Å². The van der Waals surface area contributed by atoms with Crippen molar-refractivity contribution in [2.75, 3.05) is 0 Å². The number of hydrogen-bond donors (Lipinski definition) is 1. The second-order valence-electron chi connectivity index (χ2n) is 5.01. The molecule has 1 fully saturated rings. The van der Waals surface area contributed by atoms with Crippen molar-refractivity contribution in [2.45, 2.75) is 64.9 Å². The van der Waals surface area contributed by atoms with Crippen molar-refractivity contribution >= 4 is 28.2 Å². The van der Waals surface area contributed by atoms with Crippen LogP contribution in [0.2, 0.25) is 13.0 Å². The Labute approximate surface area is 115 Å². The number of aliphatic carboxylic acids is 1. The standard InChI is InChI=1S/C11H20O2.C2H5B3/c1-2-6-10(11(12)13)9-7-4-3-5-8-9;1-4-2-5-3/h9-10H,2-8H2,1H3,(H,12,13);2H2,1H3. The molecule has 4 radical (unpaired) electrons. The fourth-order valence-electron chi connectivity index (χ4n) is 2.54. The van der Waals surface area contributed by atoms with E-state index in [1.54, 1.807) is 7.17 Å². The van der Waals surface area contributed by atoms with E-state index >= 15 is 0 Å². The molecule has 98 valence electrons. The number of hydrogen-bond acceptors (Lipinski definition) is 1. The Morgan fingerprint density at radius 1 is 1.39 bits per heavy atom. The predicted molar refractivity (Wildman–Crippen MR) is 80.5 cm³/mol. The van der Waals surface area contributed by atoms with Crippen LogP contribution in [0.15, 0.2) is 0 Å². The summed E-state index contributed by atoms with van der Waals surface area (Å²) in [7, 11) is 8.61. The summed E-state index contributed by atoms with van der Waals surface area (Å²) in [5, 5.41) is 9.06. The summed E-state index contributed by atoms with van der Waals surface area (Å²) in [4.78, 5) is 11.0. The summed E-state index contributed by atoms with van der Waals surface area (Å²) in [6, 6.07) is 0. The highest BCUT2D eigenvalue weighted by Gasteiger charge is 2.28. The van der Waals surface area contributed by atoms with Crippen LogP contribution in [0.1, 0.15) is 51.9 Å².